The standard InChI is InChI=1S/C9H13NO2S/c1-8-2-4-9(5-3-8)10-6-7-13(11)12/h2-5,10H,6-7H2,1H3,(H,11,12). The number of aryl methyl sites for hydroxylation is 1. The summed E-state index contributed by atoms with van der Waals surface area (Å²) < 4.78 is 18.8. The quantitative estimate of drug-likeness (QED) is 0.725. The summed E-state index contributed by atoms with van der Waals surface area (Å²) >= 11 is -1.71. The van der Waals surface area contributed by atoms with Gasteiger partial charge in [0.1, 0.15) is 0 Å². The van der Waals surface area contributed by atoms with Gasteiger partial charge < -0.3 is 9.87 Å². The topological polar surface area (TPSA) is 49.3 Å². The molecule has 0 spiro atoms. The third kappa shape index (κ3) is 4.05. The molecule has 3 nitrogen and oxygen atoms in total. The lowest BCUT2D eigenvalue weighted by Crippen LogP contribution is -2.09. The number of nitrogens with one attached hydrogen (secondary N) is 1. The van der Waals surface area contributed by atoms with Gasteiger partial charge in [0.2, 0.25) is 0 Å². The lowest BCUT2D eigenvalue weighted by atomic mass is 10.2. The first-order valence-corrected chi connectivity index (χ1v) is 5.34. The van der Waals surface area contributed by atoms with Crippen molar-refractivity contribution in [3.05, 3.63) is 29.8 Å². The number of rotatable bonds is 4. The second-order valence-electron chi connectivity index (χ2n) is 2.82. The normalized spacial score (nSPS) is 12.5. The maximum absolute atomic E-state index is 10.3. The molecular weight excluding hydrogens is 186 g/mol. The number of hydrogen-bond donors (Lipinski definition) is 2. The zero-order valence-corrected chi connectivity index (χ0v) is 8.30. The number of benzene rings is 1. The lowest BCUT2D eigenvalue weighted by Gasteiger charge is -2.04. The average molecular weight is 199 g/mol. The molecule has 72 valence electrons. The average Bonchev–Trinajstić information content (AvgIpc) is 2.08. The number of hydrogen-bond acceptors (Lipinski definition) is 2. The van der Waals surface area contributed by atoms with Crippen molar-refractivity contribution in [2.45, 2.75) is 6.92 Å². The van der Waals surface area contributed by atoms with Crippen LogP contribution < -0.4 is 5.32 Å². The minimum absolute atomic E-state index is 0.258. The molecule has 1 unspecified atom stereocenters. The van der Waals surface area contributed by atoms with E-state index in [9.17, 15) is 4.21 Å². The Kier molecular flexibility index (Phi) is 3.92. The molecule has 0 aliphatic heterocycles. The Morgan fingerprint density at radius 3 is 2.54 bits per heavy atom. The van der Waals surface area contributed by atoms with E-state index in [-0.39, 0.29) is 5.75 Å². The van der Waals surface area contributed by atoms with E-state index in [0.29, 0.717) is 6.54 Å². The Morgan fingerprint density at radius 1 is 1.38 bits per heavy atom. The molecule has 0 aliphatic carbocycles. The molecule has 0 aliphatic rings. The molecule has 0 amide bonds. The van der Waals surface area contributed by atoms with Crippen molar-refractivity contribution in [2.24, 2.45) is 0 Å². The smallest absolute Gasteiger partial charge is 0.154 e. The second-order valence-corrected chi connectivity index (χ2v) is 3.87. The van der Waals surface area contributed by atoms with E-state index >= 15 is 0 Å². The van der Waals surface area contributed by atoms with Crippen LogP contribution in [0.1, 0.15) is 5.56 Å². The van der Waals surface area contributed by atoms with Crippen LogP contribution in [0.3, 0.4) is 0 Å². The van der Waals surface area contributed by atoms with Crippen LogP contribution >= 0.6 is 0 Å². The fourth-order valence-electron chi connectivity index (χ4n) is 0.954. The predicted octanol–water partition coefficient (Wildman–Crippen LogP) is 1.63. The van der Waals surface area contributed by atoms with E-state index in [1.54, 1.807) is 0 Å². The summed E-state index contributed by atoms with van der Waals surface area (Å²) in [6, 6.07) is 7.90. The van der Waals surface area contributed by atoms with E-state index in [2.05, 4.69) is 5.32 Å². The summed E-state index contributed by atoms with van der Waals surface area (Å²) in [6.07, 6.45) is 0. The molecular formula is C9H13NO2S. The van der Waals surface area contributed by atoms with E-state index in [0.717, 1.165) is 5.69 Å². The summed E-state index contributed by atoms with van der Waals surface area (Å²) in [5.41, 5.74) is 2.19. The van der Waals surface area contributed by atoms with Gasteiger partial charge in [0.15, 0.2) is 11.1 Å². The van der Waals surface area contributed by atoms with E-state index in [1.807, 2.05) is 31.2 Å². The maximum atomic E-state index is 10.3. The van der Waals surface area contributed by atoms with Crippen molar-refractivity contribution in [1.82, 2.24) is 0 Å². The number of anilines is 1. The SMILES string of the molecule is Cc1ccc(NCCS(=O)O)cc1. The van der Waals surface area contributed by atoms with Crippen molar-refractivity contribution in [1.29, 1.82) is 0 Å². The molecule has 1 aromatic carbocycles. The fraction of sp³-hybridized carbons (Fsp3) is 0.333. The van der Waals surface area contributed by atoms with Crippen LogP contribution in [0.4, 0.5) is 5.69 Å². The molecule has 1 rings (SSSR count). The lowest BCUT2D eigenvalue weighted by molar-refractivity contribution is 0.565. The van der Waals surface area contributed by atoms with Gasteiger partial charge in [0.05, 0.1) is 5.75 Å². The molecule has 1 aromatic rings. The molecule has 0 radical (unpaired) electrons. The van der Waals surface area contributed by atoms with Crippen LogP contribution in [-0.4, -0.2) is 21.1 Å². The van der Waals surface area contributed by atoms with Crippen LogP contribution in [0.2, 0.25) is 0 Å². The van der Waals surface area contributed by atoms with Gasteiger partial charge in [-0.3, -0.25) is 0 Å². The Morgan fingerprint density at radius 2 is 2.00 bits per heavy atom. The van der Waals surface area contributed by atoms with Gasteiger partial charge >= 0.3 is 0 Å². The molecule has 1 atom stereocenters. The highest BCUT2D eigenvalue weighted by Crippen LogP contribution is 2.07. The summed E-state index contributed by atoms with van der Waals surface area (Å²) in [4.78, 5) is 0. The Labute approximate surface area is 80.5 Å². The van der Waals surface area contributed by atoms with E-state index in [1.165, 1.54) is 5.56 Å². The van der Waals surface area contributed by atoms with Crippen LogP contribution in [0.25, 0.3) is 0 Å². The van der Waals surface area contributed by atoms with Gasteiger partial charge in [-0.05, 0) is 19.1 Å². The van der Waals surface area contributed by atoms with Gasteiger partial charge in [0, 0.05) is 12.2 Å². The first-order valence-electron chi connectivity index (χ1n) is 4.06. The van der Waals surface area contributed by atoms with E-state index in [4.69, 9.17) is 4.55 Å². The van der Waals surface area contributed by atoms with Crippen LogP contribution in [-0.2, 0) is 11.1 Å². The summed E-state index contributed by atoms with van der Waals surface area (Å²) in [5.74, 6) is 0.258. The van der Waals surface area contributed by atoms with Crippen LogP contribution in [0.15, 0.2) is 24.3 Å². The second kappa shape index (κ2) is 4.99. The molecule has 0 saturated heterocycles. The Balaban J connectivity index is 2.37. The first-order chi connectivity index (χ1) is 6.18. The monoisotopic (exact) mass is 199 g/mol. The fourth-order valence-corrected chi connectivity index (χ4v) is 1.23. The van der Waals surface area contributed by atoms with Crippen molar-refractivity contribution >= 4 is 16.8 Å². The van der Waals surface area contributed by atoms with Gasteiger partial charge in [-0.15, -0.1) is 0 Å². The van der Waals surface area contributed by atoms with Gasteiger partial charge in [-0.2, -0.15) is 0 Å². The predicted molar refractivity (Wildman–Crippen MR) is 55.3 cm³/mol. The molecule has 0 saturated carbocycles. The molecule has 0 fully saturated rings. The van der Waals surface area contributed by atoms with Crippen LogP contribution in [0.5, 0.6) is 0 Å². The molecule has 4 heteroatoms. The third-order valence-corrected chi connectivity index (χ3v) is 2.21. The van der Waals surface area contributed by atoms with Crippen molar-refractivity contribution in [2.75, 3.05) is 17.6 Å². The van der Waals surface area contributed by atoms with Crippen molar-refractivity contribution < 1.29 is 8.76 Å². The Bertz CT molecular complexity index is 284. The molecule has 0 aromatic heterocycles. The molecule has 13 heavy (non-hydrogen) atoms. The van der Waals surface area contributed by atoms with Gasteiger partial charge in [-0.1, -0.05) is 17.7 Å². The van der Waals surface area contributed by atoms with Crippen molar-refractivity contribution in [3.63, 3.8) is 0 Å². The zero-order chi connectivity index (χ0) is 9.68. The molecule has 0 heterocycles. The summed E-state index contributed by atoms with van der Waals surface area (Å²) in [6.45, 7) is 2.54. The largest absolute Gasteiger partial charge is 0.384 e. The van der Waals surface area contributed by atoms with Gasteiger partial charge in [0.25, 0.3) is 0 Å². The van der Waals surface area contributed by atoms with Gasteiger partial charge in [-0.25, -0.2) is 4.21 Å². The highest BCUT2D eigenvalue weighted by Gasteiger charge is 1.93. The summed E-state index contributed by atoms with van der Waals surface area (Å²) in [7, 11) is 0. The zero-order valence-electron chi connectivity index (χ0n) is 7.49. The minimum Gasteiger partial charge on any atom is -0.384 e. The highest BCUT2D eigenvalue weighted by atomic mass is 32.2. The molecule has 0 bridgehead atoms. The van der Waals surface area contributed by atoms with Crippen molar-refractivity contribution in [3.8, 4) is 0 Å². The third-order valence-electron chi connectivity index (χ3n) is 1.66. The highest BCUT2D eigenvalue weighted by molar-refractivity contribution is 7.79. The molecule has 2 N–H and O–H groups in total. The first kappa shape index (κ1) is 10.2. The van der Waals surface area contributed by atoms with Crippen LogP contribution in [0, 0.1) is 6.92 Å². The minimum atomic E-state index is -1.71. The Hall–Kier alpha value is -0.870. The van der Waals surface area contributed by atoms with E-state index < -0.39 is 11.1 Å². The summed E-state index contributed by atoms with van der Waals surface area (Å²) in [5, 5.41) is 3.05. The maximum Gasteiger partial charge on any atom is 0.154 e.